The first-order valence-electron chi connectivity index (χ1n) is 8.35. The Bertz CT molecular complexity index is 441. The van der Waals surface area contributed by atoms with Gasteiger partial charge in [-0.15, -0.1) is 0 Å². The summed E-state index contributed by atoms with van der Waals surface area (Å²) in [5.74, 6) is 0.420. The van der Waals surface area contributed by atoms with Gasteiger partial charge in [-0.2, -0.15) is 0 Å². The van der Waals surface area contributed by atoms with Gasteiger partial charge in [0.15, 0.2) is 0 Å². The highest BCUT2D eigenvalue weighted by molar-refractivity contribution is 5.77. The minimum Gasteiger partial charge on any atom is -0.462 e. The summed E-state index contributed by atoms with van der Waals surface area (Å²) in [4.78, 5) is 12.3. The predicted molar refractivity (Wildman–Crippen MR) is 86.4 cm³/mol. The number of rotatable bonds is 5. The molecule has 1 aromatic rings. The molecular formula is C19H28O2. The van der Waals surface area contributed by atoms with Crippen molar-refractivity contribution in [1.29, 1.82) is 0 Å². The van der Waals surface area contributed by atoms with E-state index < -0.39 is 0 Å². The molecule has 21 heavy (non-hydrogen) atoms. The van der Waals surface area contributed by atoms with Crippen LogP contribution in [-0.2, 0) is 16.0 Å². The Morgan fingerprint density at radius 2 is 1.71 bits per heavy atom. The van der Waals surface area contributed by atoms with Crippen LogP contribution in [0.15, 0.2) is 24.3 Å². The van der Waals surface area contributed by atoms with Crippen LogP contribution in [0.25, 0.3) is 0 Å². The molecule has 0 N–H and O–H groups in total. The number of ether oxygens (including phenoxy) is 1. The van der Waals surface area contributed by atoms with Crippen molar-refractivity contribution in [2.45, 2.75) is 71.3 Å². The average molecular weight is 288 g/mol. The van der Waals surface area contributed by atoms with Crippen LogP contribution in [0.4, 0.5) is 0 Å². The molecule has 116 valence electrons. The summed E-state index contributed by atoms with van der Waals surface area (Å²) in [7, 11) is 0. The smallest absolute Gasteiger partial charge is 0.313 e. The van der Waals surface area contributed by atoms with Gasteiger partial charge in [0.1, 0.15) is 6.10 Å². The first-order valence-corrected chi connectivity index (χ1v) is 8.35. The second-order valence-electron chi connectivity index (χ2n) is 6.76. The second kappa shape index (κ2) is 7.63. The normalized spacial score (nSPS) is 17.7. The maximum Gasteiger partial charge on any atom is 0.313 e. The zero-order chi connectivity index (χ0) is 15.2. The highest BCUT2D eigenvalue weighted by Crippen LogP contribution is 2.24. The summed E-state index contributed by atoms with van der Waals surface area (Å²) < 4.78 is 5.66. The summed E-state index contributed by atoms with van der Waals surface area (Å²) in [5, 5.41) is 0. The van der Waals surface area contributed by atoms with E-state index in [1.807, 2.05) is 6.92 Å². The van der Waals surface area contributed by atoms with E-state index >= 15 is 0 Å². The SMILES string of the molecule is CC(C)Cc1ccc([C@H](C)C(=O)OC2CCCCC2)cc1. The van der Waals surface area contributed by atoms with Crippen molar-refractivity contribution in [3.8, 4) is 0 Å². The number of hydrogen-bond acceptors (Lipinski definition) is 2. The fraction of sp³-hybridized carbons (Fsp3) is 0.632. The molecule has 2 nitrogen and oxygen atoms in total. The molecule has 0 saturated heterocycles. The zero-order valence-corrected chi connectivity index (χ0v) is 13.6. The van der Waals surface area contributed by atoms with Crippen LogP contribution in [-0.4, -0.2) is 12.1 Å². The molecule has 0 bridgehead atoms. The third-order valence-electron chi connectivity index (χ3n) is 4.31. The van der Waals surface area contributed by atoms with E-state index in [4.69, 9.17) is 4.74 Å². The summed E-state index contributed by atoms with van der Waals surface area (Å²) in [6.07, 6.45) is 6.96. The summed E-state index contributed by atoms with van der Waals surface area (Å²) >= 11 is 0. The fourth-order valence-electron chi connectivity index (χ4n) is 3.00. The maximum absolute atomic E-state index is 12.3. The number of carbonyl (C=O) groups is 1. The van der Waals surface area contributed by atoms with E-state index in [1.54, 1.807) is 0 Å². The molecule has 0 radical (unpaired) electrons. The molecule has 2 heteroatoms. The Morgan fingerprint density at radius 3 is 2.29 bits per heavy atom. The van der Waals surface area contributed by atoms with Crippen molar-refractivity contribution in [1.82, 2.24) is 0 Å². The van der Waals surface area contributed by atoms with Gasteiger partial charge < -0.3 is 4.74 Å². The predicted octanol–water partition coefficient (Wildman–Crippen LogP) is 4.86. The first-order chi connectivity index (χ1) is 10.1. The van der Waals surface area contributed by atoms with Gasteiger partial charge in [0.25, 0.3) is 0 Å². The zero-order valence-electron chi connectivity index (χ0n) is 13.6. The van der Waals surface area contributed by atoms with Crippen molar-refractivity contribution in [2.75, 3.05) is 0 Å². The highest BCUT2D eigenvalue weighted by atomic mass is 16.5. The van der Waals surface area contributed by atoms with E-state index in [1.165, 1.54) is 24.8 Å². The Morgan fingerprint density at radius 1 is 1.10 bits per heavy atom. The average Bonchev–Trinajstić information content (AvgIpc) is 2.47. The van der Waals surface area contributed by atoms with Gasteiger partial charge in [-0.05, 0) is 56.1 Å². The lowest BCUT2D eigenvalue weighted by Crippen LogP contribution is -2.23. The van der Waals surface area contributed by atoms with Crippen LogP contribution in [0.5, 0.6) is 0 Å². The Balaban J connectivity index is 1.91. The molecule has 0 heterocycles. The minimum absolute atomic E-state index is 0.0708. The highest BCUT2D eigenvalue weighted by Gasteiger charge is 2.22. The van der Waals surface area contributed by atoms with Crippen molar-refractivity contribution in [3.05, 3.63) is 35.4 Å². The molecule has 1 fully saturated rings. The van der Waals surface area contributed by atoms with Gasteiger partial charge in [-0.25, -0.2) is 0 Å². The van der Waals surface area contributed by atoms with Crippen molar-refractivity contribution in [2.24, 2.45) is 5.92 Å². The maximum atomic E-state index is 12.3. The fourth-order valence-corrected chi connectivity index (χ4v) is 3.00. The molecule has 1 aromatic carbocycles. The van der Waals surface area contributed by atoms with E-state index in [0.717, 1.165) is 24.8 Å². The van der Waals surface area contributed by atoms with E-state index in [-0.39, 0.29) is 18.0 Å². The molecule has 0 amide bonds. The van der Waals surface area contributed by atoms with Gasteiger partial charge in [-0.3, -0.25) is 4.79 Å². The number of esters is 1. The van der Waals surface area contributed by atoms with Crippen LogP contribution >= 0.6 is 0 Å². The lowest BCUT2D eigenvalue weighted by Gasteiger charge is -2.23. The molecule has 0 aromatic heterocycles. The lowest BCUT2D eigenvalue weighted by molar-refractivity contribution is -0.151. The third-order valence-corrected chi connectivity index (χ3v) is 4.31. The van der Waals surface area contributed by atoms with Crippen molar-refractivity contribution < 1.29 is 9.53 Å². The summed E-state index contributed by atoms with van der Waals surface area (Å²) in [5.41, 5.74) is 2.39. The van der Waals surface area contributed by atoms with Gasteiger partial charge in [-0.1, -0.05) is 44.5 Å². The largest absolute Gasteiger partial charge is 0.462 e. The van der Waals surface area contributed by atoms with E-state index in [2.05, 4.69) is 38.1 Å². The van der Waals surface area contributed by atoms with Crippen LogP contribution in [0.1, 0.15) is 69.9 Å². The third kappa shape index (κ3) is 4.87. The van der Waals surface area contributed by atoms with Crippen molar-refractivity contribution in [3.63, 3.8) is 0 Å². The Labute approximate surface area is 128 Å². The quantitative estimate of drug-likeness (QED) is 0.723. The van der Waals surface area contributed by atoms with Gasteiger partial charge in [0.2, 0.25) is 0 Å². The van der Waals surface area contributed by atoms with Gasteiger partial charge >= 0.3 is 5.97 Å². The molecule has 0 unspecified atom stereocenters. The summed E-state index contributed by atoms with van der Waals surface area (Å²) in [6.45, 7) is 6.39. The Kier molecular flexibility index (Phi) is 5.84. The molecule has 1 aliphatic rings. The molecule has 1 aliphatic carbocycles. The van der Waals surface area contributed by atoms with E-state index in [0.29, 0.717) is 5.92 Å². The van der Waals surface area contributed by atoms with E-state index in [9.17, 15) is 4.79 Å². The second-order valence-corrected chi connectivity index (χ2v) is 6.76. The van der Waals surface area contributed by atoms with Crippen LogP contribution < -0.4 is 0 Å². The molecule has 1 atom stereocenters. The topological polar surface area (TPSA) is 26.3 Å². The monoisotopic (exact) mass is 288 g/mol. The van der Waals surface area contributed by atoms with Gasteiger partial charge in [0, 0.05) is 0 Å². The lowest BCUT2D eigenvalue weighted by atomic mass is 9.96. The number of hydrogen-bond donors (Lipinski definition) is 0. The number of benzene rings is 1. The first kappa shape index (κ1) is 16.1. The number of carbonyl (C=O) groups excluding carboxylic acids is 1. The standard InChI is InChI=1S/C19H28O2/c1-14(2)13-16-9-11-17(12-10-16)15(3)19(20)21-18-7-5-4-6-8-18/h9-12,14-15,18H,4-8,13H2,1-3H3/t15-/m0/s1. The molecule has 0 spiro atoms. The Hall–Kier alpha value is -1.31. The van der Waals surface area contributed by atoms with Crippen LogP contribution in [0.3, 0.4) is 0 Å². The van der Waals surface area contributed by atoms with Gasteiger partial charge in [0.05, 0.1) is 5.92 Å². The van der Waals surface area contributed by atoms with Crippen LogP contribution in [0, 0.1) is 5.92 Å². The molecule has 0 aliphatic heterocycles. The van der Waals surface area contributed by atoms with Crippen molar-refractivity contribution >= 4 is 5.97 Å². The molecule has 1 saturated carbocycles. The molecule has 2 rings (SSSR count). The van der Waals surface area contributed by atoms with Crippen LogP contribution in [0.2, 0.25) is 0 Å². The summed E-state index contributed by atoms with van der Waals surface area (Å²) in [6, 6.07) is 8.43. The minimum atomic E-state index is -0.167. The molecular weight excluding hydrogens is 260 g/mol.